The van der Waals surface area contributed by atoms with Crippen molar-refractivity contribution in [3.63, 3.8) is 0 Å². The number of nitrogens with zero attached hydrogens (tertiary/aromatic N) is 1. The fourth-order valence-electron chi connectivity index (χ4n) is 2.63. The van der Waals surface area contributed by atoms with Crippen molar-refractivity contribution in [2.75, 3.05) is 26.3 Å². The molecule has 1 saturated heterocycles. The average molecular weight is 328 g/mol. The summed E-state index contributed by atoms with van der Waals surface area (Å²) in [7, 11) is 0. The molecule has 1 heterocycles. The highest BCUT2D eigenvalue weighted by molar-refractivity contribution is 5.76. The van der Waals surface area contributed by atoms with Gasteiger partial charge >= 0.3 is 0 Å². The molecule has 23 heavy (non-hydrogen) atoms. The van der Waals surface area contributed by atoms with Crippen molar-refractivity contribution < 1.29 is 14.3 Å². The molecule has 0 unspecified atom stereocenters. The largest absolute Gasteiger partial charge is 0.376 e. The number of unbranched alkanes of at least 4 members (excludes halogenated alkanes) is 1. The van der Waals surface area contributed by atoms with Gasteiger partial charge in [0.2, 0.25) is 5.91 Å². The summed E-state index contributed by atoms with van der Waals surface area (Å²) in [5, 5.41) is 0. The van der Waals surface area contributed by atoms with Crippen molar-refractivity contribution in [2.45, 2.75) is 84.8 Å². The Bertz CT molecular complexity index is 347. The van der Waals surface area contributed by atoms with Crippen LogP contribution in [0.15, 0.2) is 0 Å². The lowest BCUT2D eigenvalue weighted by Crippen LogP contribution is -2.40. The summed E-state index contributed by atoms with van der Waals surface area (Å²) in [5.74, 6) is 0.898. The first-order chi connectivity index (χ1) is 10.6. The summed E-state index contributed by atoms with van der Waals surface area (Å²) < 4.78 is 11.6. The molecule has 0 aromatic heterocycles. The molecule has 1 aliphatic heterocycles. The number of likely N-dealkylation sites (tertiary alicyclic amines) is 1. The fourth-order valence-corrected chi connectivity index (χ4v) is 2.63. The van der Waals surface area contributed by atoms with E-state index in [4.69, 9.17) is 9.47 Å². The van der Waals surface area contributed by atoms with Crippen LogP contribution in [0.2, 0.25) is 0 Å². The van der Waals surface area contributed by atoms with Crippen molar-refractivity contribution in [1.29, 1.82) is 0 Å². The van der Waals surface area contributed by atoms with E-state index in [0.717, 1.165) is 52.0 Å². The van der Waals surface area contributed by atoms with Gasteiger partial charge in [-0.2, -0.15) is 0 Å². The van der Waals surface area contributed by atoms with E-state index in [1.807, 2.05) is 4.90 Å². The minimum Gasteiger partial charge on any atom is -0.376 e. The number of ether oxygens (including phenoxy) is 2. The molecule has 1 amide bonds. The predicted octanol–water partition coefficient (Wildman–Crippen LogP) is 4.03. The standard InChI is InChI=1S/C19H37NO3/c1-18(2,3)22-14-8-7-9-17(21)20-12-10-16(11-13-20)15-23-19(4,5)6/h16H,7-15H2,1-6H3. The number of carbonyl (C=O) groups is 1. The van der Waals surface area contributed by atoms with E-state index >= 15 is 0 Å². The molecule has 4 heteroatoms. The van der Waals surface area contributed by atoms with E-state index in [1.165, 1.54) is 0 Å². The third-order valence-corrected chi connectivity index (χ3v) is 4.04. The summed E-state index contributed by atoms with van der Waals surface area (Å²) in [5.41, 5.74) is -0.150. The second-order valence-corrected chi connectivity index (χ2v) is 8.67. The number of carbonyl (C=O) groups excluding carboxylic acids is 1. The number of amides is 1. The molecule has 0 N–H and O–H groups in total. The molecule has 0 spiro atoms. The van der Waals surface area contributed by atoms with Gasteiger partial charge in [0.25, 0.3) is 0 Å². The van der Waals surface area contributed by atoms with Crippen LogP contribution in [-0.4, -0.2) is 48.3 Å². The number of rotatable bonds is 7. The minimum atomic E-state index is -0.0823. The fraction of sp³-hybridized carbons (Fsp3) is 0.947. The first-order valence-electron chi connectivity index (χ1n) is 9.12. The van der Waals surface area contributed by atoms with Gasteiger partial charge in [0, 0.05) is 26.1 Å². The van der Waals surface area contributed by atoms with Gasteiger partial charge in [-0.3, -0.25) is 4.79 Å². The van der Waals surface area contributed by atoms with Crippen molar-refractivity contribution in [3.05, 3.63) is 0 Å². The van der Waals surface area contributed by atoms with Gasteiger partial charge in [0.15, 0.2) is 0 Å². The van der Waals surface area contributed by atoms with Crippen LogP contribution in [-0.2, 0) is 14.3 Å². The zero-order valence-corrected chi connectivity index (χ0v) is 16.1. The SMILES string of the molecule is CC(C)(C)OCCCCC(=O)N1CCC(COC(C)(C)C)CC1. The summed E-state index contributed by atoms with van der Waals surface area (Å²) in [6.45, 7) is 15.8. The summed E-state index contributed by atoms with van der Waals surface area (Å²) >= 11 is 0. The Kier molecular flexibility index (Phi) is 8.02. The monoisotopic (exact) mass is 327 g/mol. The van der Waals surface area contributed by atoms with Gasteiger partial charge in [-0.1, -0.05) is 0 Å². The average Bonchev–Trinajstić information content (AvgIpc) is 2.43. The van der Waals surface area contributed by atoms with Crippen LogP contribution in [0.25, 0.3) is 0 Å². The van der Waals surface area contributed by atoms with Crippen LogP contribution in [0.4, 0.5) is 0 Å². The van der Waals surface area contributed by atoms with E-state index in [1.54, 1.807) is 0 Å². The lowest BCUT2D eigenvalue weighted by atomic mass is 9.97. The summed E-state index contributed by atoms with van der Waals surface area (Å²) in [6.07, 6.45) is 4.65. The van der Waals surface area contributed by atoms with E-state index in [2.05, 4.69) is 41.5 Å². The highest BCUT2D eigenvalue weighted by atomic mass is 16.5. The van der Waals surface area contributed by atoms with Crippen LogP contribution < -0.4 is 0 Å². The zero-order valence-electron chi connectivity index (χ0n) is 16.1. The first-order valence-corrected chi connectivity index (χ1v) is 9.12. The molecule has 1 aliphatic rings. The number of hydrogen-bond donors (Lipinski definition) is 0. The van der Waals surface area contributed by atoms with Crippen LogP contribution in [0, 0.1) is 5.92 Å². The molecule has 1 rings (SSSR count). The maximum Gasteiger partial charge on any atom is 0.222 e. The van der Waals surface area contributed by atoms with Gasteiger partial charge in [-0.25, -0.2) is 0 Å². The van der Waals surface area contributed by atoms with Crippen molar-refractivity contribution in [1.82, 2.24) is 4.90 Å². The topological polar surface area (TPSA) is 38.8 Å². The highest BCUT2D eigenvalue weighted by Crippen LogP contribution is 2.21. The van der Waals surface area contributed by atoms with E-state index in [-0.39, 0.29) is 11.2 Å². The lowest BCUT2D eigenvalue weighted by Gasteiger charge is -2.33. The van der Waals surface area contributed by atoms with Gasteiger partial charge < -0.3 is 14.4 Å². The molecular weight excluding hydrogens is 290 g/mol. The Morgan fingerprint density at radius 1 is 0.957 bits per heavy atom. The maximum absolute atomic E-state index is 12.2. The normalized spacial score (nSPS) is 17.6. The lowest BCUT2D eigenvalue weighted by molar-refractivity contribution is -0.133. The molecule has 0 aromatic rings. The Labute approximate surface area is 142 Å². The van der Waals surface area contributed by atoms with E-state index in [0.29, 0.717) is 18.2 Å². The van der Waals surface area contributed by atoms with Crippen LogP contribution in [0.5, 0.6) is 0 Å². The molecule has 0 saturated carbocycles. The third kappa shape index (κ3) is 9.98. The Morgan fingerprint density at radius 2 is 1.52 bits per heavy atom. The Balaban J connectivity index is 2.13. The molecule has 0 aromatic carbocycles. The van der Waals surface area contributed by atoms with Crippen molar-refractivity contribution in [3.8, 4) is 0 Å². The molecule has 136 valence electrons. The molecule has 0 bridgehead atoms. The highest BCUT2D eigenvalue weighted by Gasteiger charge is 2.24. The Morgan fingerprint density at radius 3 is 2.04 bits per heavy atom. The van der Waals surface area contributed by atoms with Crippen molar-refractivity contribution >= 4 is 5.91 Å². The minimum absolute atomic E-state index is 0.0674. The molecule has 1 fully saturated rings. The third-order valence-electron chi connectivity index (χ3n) is 4.04. The maximum atomic E-state index is 12.2. The van der Waals surface area contributed by atoms with Crippen molar-refractivity contribution in [2.24, 2.45) is 5.92 Å². The second-order valence-electron chi connectivity index (χ2n) is 8.67. The first kappa shape index (κ1) is 20.4. The predicted molar refractivity (Wildman–Crippen MR) is 94.6 cm³/mol. The molecule has 0 atom stereocenters. The molecule has 4 nitrogen and oxygen atoms in total. The van der Waals surface area contributed by atoms with Crippen LogP contribution >= 0.6 is 0 Å². The summed E-state index contributed by atoms with van der Waals surface area (Å²) in [4.78, 5) is 14.3. The molecule has 0 radical (unpaired) electrons. The molecular formula is C19H37NO3. The van der Waals surface area contributed by atoms with Gasteiger partial charge in [0.05, 0.1) is 17.8 Å². The van der Waals surface area contributed by atoms with E-state index < -0.39 is 0 Å². The molecule has 0 aliphatic carbocycles. The van der Waals surface area contributed by atoms with Gasteiger partial charge in [0.1, 0.15) is 0 Å². The second kappa shape index (κ2) is 9.03. The zero-order chi connectivity index (χ0) is 17.5. The smallest absolute Gasteiger partial charge is 0.222 e. The summed E-state index contributed by atoms with van der Waals surface area (Å²) in [6, 6.07) is 0. The van der Waals surface area contributed by atoms with Crippen LogP contribution in [0.1, 0.15) is 73.6 Å². The van der Waals surface area contributed by atoms with Gasteiger partial charge in [-0.05, 0) is 73.1 Å². The number of hydrogen-bond acceptors (Lipinski definition) is 3. The van der Waals surface area contributed by atoms with Crippen LogP contribution in [0.3, 0.4) is 0 Å². The van der Waals surface area contributed by atoms with E-state index in [9.17, 15) is 4.79 Å². The van der Waals surface area contributed by atoms with Gasteiger partial charge in [-0.15, -0.1) is 0 Å². The number of piperidine rings is 1. The Hall–Kier alpha value is -0.610. The quantitative estimate of drug-likeness (QED) is 0.663.